The van der Waals surface area contributed by atoms with Crippen LogP contribution < -0.4 is 0 Å². The molecule has 1 aliphatic heterocycles. The third-order valence-electron chi connectivity index (χ3n) is 3.88. The molecule has 0 aromatic heterocycles. The minimum Gasteiger partial charge on any atom is -0.444 e. The fraction of sp³-hybridized carbons (Fsp3) is 0.929. The van der Waals surface area contributed by atoms with Crippen LogP contribution in [0.3, 0.4) is 0 Å². The Labute approximate surface area is 119 Å². The summed E-state index contributed by atoms with van der Waals surface area (Å²) < 4.78 is 32.7. The molecule has 1 heterocycles. The molecule has 0 spiro atoms. The molecule has 6 heteroatoms. The molecule has 0 aromatic rings. The topological polar surface area (TPSA) is 32.8 Å². The number of rotatable bonds is 1. The zero-order chi connectivity index (χ0) is 15.0. The first-order valence-corrected chi connectivity index (χ1v) is 7.29. The molecule has 1 amide bonds. The number of hydrogen-bond acceptors (Lipinski definition) is 3. The molecule has 1 aliphatic carbocycles. The van der Waals surface area contributed by atoms with E-state index in [4.69, 9.17) is 4.74 Å². The van der Waals surface area contributed by atoms with E-state index >= 15 is 0 Å². The number of halogens is 2. The highest BCUT2D eigenvalue weighted by atomic mass is 19.3. The summed E-state index contributed by atoms with van der Waals surface area (Å²) >= 11 is 0. The van der Waals surface area contributed by atoms with Crippen LogP contribution in [0.1, 0.15) is 40.0 Å². The summed E-state index contributed by atoms with van der Waals surface area (Å²) in [5.74, 6) is -2.58. The lowest BCUT2D eigenvalue weighted by Gasteiger charge is -2.39. The highest BCUT2D eigenvalue weighted by Gasteiger charge is 2.47. The minimum atomic E-state index is -2.58. The lowest BCUT2D eigenvalue weighted by atomic mass is 10.1. The molecule has 4 nitrogen and oxygen atoms in total. The van der Waals surface area contributed by atoms with Gasteiger partial charge >= 0.3 is 6.09 Å². The summed E-state index contributed by atoms with van der Waals surface area (Å²) in [6.45, 7) is 7.38. The number of alkyl halides is 2. The Morgan fingerprint density at radius 1 is 1.20 bits per heavy atom. The normalized spacial score (nSPS) is 27.6. The minimum absolute atomic E-state index is 0.00997. The van der Waals surface area contributed by atoms with E-state index in [1.54, 1.807) is 4.90 Å². The van der Waals surface area contributed by atoms with Crippen molar-refractivity contribution in [2.75, 3.05) is 26.2 Å². The highest BCUT2D eigenvalue weighted by Crippen LogP contribution is 2.38. The van der Waals surface area contributed by atoms with Crippen LogP contribution >= 0.6 is 0 Å². The average Bonchev–Trinajstić information content (AvgIpc) is 2.67. The van der Waals surface area contributed by atoms with Gasteiger partial charge in [-0.3, -0.25) is 4.90 Å². The van der Waals surface area contributed by atoms with E-state index in [-0.39, 0.29) is 12.5 Å². The molecule has 1 saturated heterocycles. The molecular formula is C14H24F2N2O2. The molecule has 0 bridgehead atoms. The second-order valence-electron chi connectivity index (χ2n) is 6.67. The van der Waals surface area contributed by atoms with E-state index < -0.39 is 17.6 Å². The Balaban J connectivity index is 1.85. The van der Waals surface area contributed by atoms with Crippen LogP contribution in [0.2, 0.25) is 0 Å². The van der Waals surface area contributed by atoms with Gasteiger partial charge in [0.15, 0.2) is 0 Å². The first kappa shape index (κ1) is 15.5. The summed E-state index contributed by atoms with van der Waals surface area (Å²) in [7, 11) is 0. The van der Waals surface area contributed by atoms with Crippen molar-refractivity contribution in [3.8, 4) is 0 Å². The van der Waals surface area contributed by atoms with Crippen molar-refractivity contribution in [1.29, 1.82) is 0 Å². The van der Waals surface area contributed by atoms with Gasteiger partial charge < -0.3 is 9.64 Å². The third-order valence-corrected chi connectivity index (χ3v) is 3.88. The molecule has 2 fully saturated rings. The van der Waals surface area contributed by atoms with Gasteiger partial charge in [-0.15, -0.1) is 0 Å². The number of piperazine rings is 1. The molecule has 0 radical (unpaired) electrons. The summed E-state index contributed by atoms with van der Waals surface area (Å²) in [6.07, 6.45) is 0.781. The maximum atomic E-state index is 13.7. The lowest BCUT2D eigenvalue weighted by molar-refractivity contribution is -0.0722. The molecule has 2 rings (SSSR count). The van der Waals surface area contributed by atoms with Gasteiger partial charge in [-0.1, -0.05) is 0 Å². The average molecular weight is 290 g/mol. The maximum absolute atomic E-state index is 13.7. The molecule has 116 valence electrons. The van der Waals surface area contributed by atoms with Crippen LogP contribution in [0.5, 0.6) is 0 Å². The number of ether oxygens (including phenoxy) is 1. The van der Waals surface area contributed by atoms with Gasteiger partial charge in [0.25, 0.3) is 5.92 Å². The van der Waals surface area contributed by atoms with E-state index in [1.807, 2.05) is 25.7 Å². The number of carbonyl (C=O) groups excluding carboxylic acids is 1. The van der Waals surface area contributed by atoms with Crippen LogP contribution in [0, 0.1) is 0 Å². The van der Waals surface area contributed by atoms with E-state index in [2.05, 4.69) is 0 Å². The van der Waals surface area contributed by atoms with Gasteiger partial charge in [0.2, 0.25) is 0 Å². The Bertz CT molecular complexity index is 361. The van der Waals surface area contributed by atoms with Crippen molar-refractivity contribution < 1.29 is 18.3 Å². The zero-order valence-electron chi connectivity index (χ0n) is 12.5. The lowest BCUT2D eigenvalue weighted by Crippen LogP contribution is -2.55. The predicted octanol–water partition coefficient (Wildman–Crippen LogP) is 2.73. The second kappa shape index (κ2) is 5.47. The molecule has 1 saturated carbocycles. The standard InChI is InChI=1S/C14H24F2N2O2/c1-13(2,3)20-12(19)18-9-7-17(8-10-18)11-5-4-6-14(11,15)16/h11H,4-10H2,1-3H3. The fourth-order valence-corrected chi connectivity index (χ4v) is 2.90. The smallest absolute Gasteiger partial charge is 0.410 e. The van der Waals surface area contributed by atoms with E-state index in [1.165, 1.54) is 0 Å². The number of nitrogens with zero attached hydrogens (tertiary/aromatic N) is 2. The third kappa shape index (κ3) is 3.59. The van der Waals surface area contributed by atoms with Crippen molar-refractivity contribution in [2.45, 2.75) is 57.6 Å². The Hall–Kier alpha value is -0.910. The van der Waals surface area contributed by atoms with Crippen LogP contribution in [-0.2, 0) is 4.74 Å². The molecule has 2 aliphatic rings. The number of carbonyl (C=O) groups is 1. The SMILES string of the molecule is CC(C)(C)OC(=O)N1CCN(C2CCCC2(F)F)CC1. The highest BCUT2D eigenvalue weighted by molar-refractivity contribution is 5.68. The molecular weight excluding hydrogens is 266 g/mol. The number of hydrogen-bond donors (Lipinski definition) is 0. The van der Waals surface area contributed by atoms with Crippen LogP contribution in [0.4, 0.5) is 13.6 Å². The van der Waals surface area contributed by atoms with Gasteiger partial charge in [0.1, 0.15) is 5.60 Å². The van der Waals surface area contributed by atoms with Gasteiger partial charge in [-0.2, -0.15) is 0 Å². The van der Waals surface area contributed by atoms with E-state index in [9.17, 15) is 13.6 Å². The van der Waals surface area contributed by atoms with E-state index in [0.29, 0.717) is 39.0 Å². The van der Waals surface area contributed by atoms with Crippen molar-refractivity contribution in [3.63, 3.8) is 0 Å². The zero-order valence-corrected chi connectivity index (χ0v) is 12.5. The molecule has 0 aromatic carbocycles. The number of amides is 1. The van der Waals surface area contributed by atoms with Gasteiger partial charge in [0.05, 0.1) is 6.04 Å². The fourth-order valence-electron chi connectivity index (χ4n) is 2.90. The molecule has 1 atom stereocenters. The quantitative estimate of drug-likeness (QED) is 0.744. The van der Waals surface area contributed by atoms with E-state index in [0.717, 1.165) is 0 Å². The Morgan fingerprint density at radius 2 is 1.80 bits per heavy atom. The molecule has 1 unspecified atom stereocenters. The van der Waals surface area contributed by atoms with Crippen molar-refractivity contribution >= 4 is 6.09 Å². The molecule has 0 N–H and O–H groups in total. The second-order valence-corrected chi connectivity index (χ2v) is 6.67. The Morgan fingerprint density at radius 3 is 2.25 bits per heavy atom. The predicted molar refractivity (Wildman–Crippen MR) is 72.0 cm³/mol. The van der Waals surface area contributed by atoms with Gasteiger partial charge in [-0.25, -0.2) is 13.6 Å². The van der Waals surface area contributed by atoms with Gasteiger partial charge in [0, 0.05) is 32.6 Å². The van der Waals surface area contributed by atoms with Crippen molar-refractivity contribution in [3.05, 3.63) is 0 Å². The monoisotopic (exact) mass is 290 g/mol. The van der Waals surface area contributed by atoms with Crippen LogP contribution in [0.25, 0.3) is 0 Å². The van der Waals surface area contributed by atoms with Gasteiger partial charge in [-0.05, 0) is 33.6 Å². The summed E-state index contributed by atoms with van der Waals surface area (Å²) in [5.41, 5.74) is -0.521. The first-order chi connectivity index (χ1) is 9.19. The maximum Gasteiger partial charge on any atom is 0.410 e. The van der Waals surface area contributed by atoms with Crippen LogP contribution in [-0.4, -0.2) is 59.6 Å². The first-order valence-electron chi connectivity index (χ1n) is 7.29. The summed E-state index contributed by atoms with van der Waals surface area (Å²) in [5, 5.41) is 0. The van der Waals surface area contributed by atoms with Crippen molar-refractivity contribution in [2.24, 2.45) is 0 Å². The summed E-state index contributed by atoms with van der Waals surface area (Å²) in [4.78, 5) is 15.3. The molecule has 20 heavy (non-hydrogen) atoms. The van der Waals surface area contributed by atoms with Crippen LogP contribution in [0.15, 0.2) is 0 Å². The Kier molecular flexibility index (Phi) is 4.23. The summed E-state index contributed by atoms with van der Waals surface area (Å²) in [6, 6.07) is -0.650. The van der Waals surface area contributed by atoms with Crippen molar-refractivity contribution in [1.82, 2.24) is 9.80 Å². The largest absolute Gasteiger partial charge is 0.444 e.